The Hall–Kier alpha value is -3.43. The molecule has 3 heterocycles. The number of benzene rings is 1. The number of pyridine rings is 1. The van der Waals surface area contributed by atoms with Crippen LogP contribution in [0.4, 0.5) is 8.78 Å². The van der Waals surface area contributed by atoms with E-state index in [9.17, 15) is 28.3 Å². The fourth-order valence-corrected chi connectivity index (χ4v) is 5.46. The zero-order chi connectivity index (χ0) is 24.2. The number of piperidine rings is 1. The van der Waals surface area contributed by atoms with Gasteiger partial charge in [-0.1, -0.05) is 12.5 Å². The molecule has 0 bridgehead atoms. The van der Waals surface area contributed by atoms with E-state index in [-0.39, 0.29) is 34.9 Å². The maximum atomic E-state index is 13.9. The average molecular weight is 472 g/mol. The molecular weight excluding hydrogens is 446 g/mol. The number of carbonyl (C=O) groups is 2. The van der Waals surface area contributed by atoms with E-state index in [1.165, 1.54) is 23.4 Å². The number of aromatic hydroxyl groups is 1. The van der Waals surface area contributed by atoms with Crippen molar-refractivity contribution in [3.05, 3.63) is 63.1 Å². The number of aromatic nitrogens is 1. The average Bonchev–Trinajstić information content (AvgIpc) is 2.79. The summed E-state index contributed by atoms with van der Waals surface area (Å²) in [7, 11) is 0. The van der Waals surface area contributed by atoms with Gasteiger partial charge in [0.05, 0.1) is 0 Å². The maximum absolute atomic E-state index is 13.9. The van der Waals surface area contributed by atoms with Crippen molar-refractivity contribution in [2.45, 2.75) is 51.7 Å². The van der Waals surface area contributed by atoms with Crippen LogP contribution in [0, 0.1) is 17.0 Å². The fraction of sp³-hybridized carbons (Fsp3) is 0.458. The number of halogens is 2. The molecule has 34 heavy (non-hydrogen) atoms. The number of rotatable bonds is 4. The summed E-state index contributed by atoms with van der Waals surface area (Å²) in [5.74, 6) is -3.62. The first-order valence-electron chi connectivity index (χ1n) is 11.5. The molecule has 1 atom stereocenters. The van der Waals surface area contributed by atoms with Crippen LogP contribution in [0.15, 0.2) is 29.2 Å². The van der Waals surface area contributed by atoms with Gasteiger partial charge in [-0.05, 0) is 44.1 Å². The Bertz CT molecular complexity index is 1240. The molecule has 8 nitrogen and oxygen atoms in total. The SMILES string of the molecule is CCN1C(=O)c2c(O)c(=O)c(C(=O)NCc3ccc(F)cc3F)cn2N2CCC3(CCC3)C[C@@H]12. The van der Waals surface area contributed by atoms with E-state index < -0.39 is 34.6 Å². The molecule has 0 radical (unpaired) electrons. The van der Waals surface area contributed by atoms with Gasteiger partial charge in [-0.2, -0.15) is 0 Å². The van der Waals surface area contributed by atoms with Crippen molar-refractivity contribution in [3.63, 3.8) is 0 Å². The molecule has 0 unspecified atom stereocenters. The van der Waals surface area contributed by atoms with Gasteiger partial charge >= 0.3 is 0 Å². The first-order chi connectivity index (χ1) is 16.2. The van der Waals surface area contributed by atoms with E-state index in [1.54, 1.807) is 4.90 Å². The second kappa shape index (κ2) is 8.11. The number of hydrogen-bond donors (Lipinski definition) is 2. The summed E-state index contributed by atoms with van der Waals surface area (Å²) < 4.78 is 28.5. The number of fused-ring (bicyclic) bond motifs is 3. The van der Waals surface area contributed by atoms with Crippen LogP contribution in [0.3, 0.4) is 0 Å². The van der Waals surface area contributed by atoms with Gasteiger partial charge < -0.3 is 15.3 Å². The third-order valence-corrected chi connectivity index (χ3v) is 7.55. The van der Waals surface area contributed by atoms with Gasteiger partial charge in [-0.25, -0.2) is 8.78 Å². The van der Waals surface area contributed by atoms with Gasteiger partial charge in [0.25, 0.3) is 11.8 Å². The Balaban J connectivity index is 1.48. The van der Waals surface area contributed by atoms with Crippen molar-refractivity contribution >= 4 is 11.8 Å². The van der Waals surface area contributed by atoms with Crippen LogP contribution in [0.1, 0.15) is 65.4 Å². The third kappa shape index (κ3) is 3.43. The van der Waals surface area contributed by atoms with Crippen LogP contribution in [0.5, 0.6) is 5.75 Å². The molecule has 10 heteroatoms. The Labute approximate surface area is 194 Å². The van der Waals surface area contributed by atoms with Crippen molar-refractivity contribution in [2.75, 3.05) is 18.1 Å². The molecule has 2 amide bonds. The molecule has 2 aromatic rings. The Morgan fingerprint density at radius 3 is 2.65 bits per heavy atom. The Morgan fingerprint density at radius 2 is 2.00 bits per heavy atom. The summed E-state index contributed by atoms with van der Waals surface area (Å²) in [5, 5.41) is 15.1. The summed E-state index contributed by atoms with van der Waals surface area (Å²) in [6, 6.07) is 2.98. The van der Waals surface area contributed by atoms with Gasteiger partial charge in [0.2, 0.25) is 5.43 Å². The highest BCUT2D eigenvalue weighted by Gasteiger charge is 2.49. The molecule has 3 aliphatic rings. The van der Waals surface area contributed by atoms with Crippen LogP contribution >= 0.6 is 0 Å². The Kier molecular flexibility index (Phi) is 5.33. The summed E-state index contributed by atoms with van der Waals surface area (Å²) in [6.07, 6.45) is 6.19. The lowest BCUT2D eigenvalue weighted by Gasteiger charge is -2.56. The zero-order valence-corrected chi connectivity index (χ0v) is 18.8. The molecule has 2 aliphatic heterocycles. The van der Waals surface area contributed by atoms with Crippen LogP contribution < -0.4 is 15.8 Å². The quantitative estimate of drug-likeness (QED) is 0.713. The van der Waals surface area contributed by atoms with Crippen molar-refractivity contribution < 1.29 is 23.5 Å². The number of amides is 2. The number of carbonyl (C=O) groups excluding carboxylic acids is 2. The first kappa shape index (κ1) is 22.4. The topological polar surface area (TPSA) is 94.9 Å². The normalized spacial score (nSPS) is 20.6. The van der Waals surface area contributed by atoms with E-state index in [0.717, 1.165) is 31.7 Å². The number of nitrogens with zero attached hydrogens (tertiary/aromatic N) is 3. The number of hydrogen-bond acceptors (Lipinski definition) is 5. The van der Waals surface area contributed by atoms with E-state index in [1.807, 2.05) is 11.9 Å². The molecule has 1 saturated carbocycles. The first-order valence-corrected chi connectivity index (χ1v) is 11.5. The molecule has 180 valence electrons. The number of nitrogens with one attached hydrogen (secondary N) is 1. The molecule has 1 aromatic heterocycles. The molecule has 5 rings (SSSR count). The van der Waals surface area contributed by atoms with Crippen molar-refractivity contribution in [1.29, 1.82) is 0 Å². The molecule has 1 saturated heterocycles. The molecular formula is C24H26F2N4O4. The van der Waals surface area contributed by atoms with Gasteiger partial charge in [-0.3, -0.25) is 24.1 Å². The van der Waals surface area contributed by atoms with E-state index in [2.05, 4.69) is 5.32 Å². The monoisotopic (exact) mass is 472 g/mol. The standard InChI is InChI=1S/C24H26F2N4O4/c1-2-28-18-11-24(6-3-7-24)8-9-29(18)30-13-16(20(31)21(32)19(30)23(28)34)22(33)27-12-14-4-5-15(25)10-17(14)26/h4-5,10,13,18,32H,2-3,6-9,11-12H2,1H3,(H,27,33)/t18-/m0/s1. The molecule has 2 N–H and O–H groups in total. The van der Waals surface area contributed by atoms with Crippen molar-refractivity contribution in [3.8, 4) is 5.75 Å². The highest BCUT2D eigenvalue weighted by molar-refractivity contribution is 5.99. The smallest absolute Gasteiger partial charge is 0.278 e. The highest BCUT2D eigenvalue weighted by Crippen LogP contribution is 2.51. The minimum absolute atomic E-state index is 0.0488. The summed E-state index contributed by atoms with van der Waals surface area (Å²) in [5.41, 5.74) is -1.23. The van der Waals surface area contributed by atoms with Crippen molar-refractivity contribution in [2.24, 2.45) is 5.41 Å². The summed E-state index contributed by atoms with van der Waals surface area (Å²) >= 11 is 0. The minimum atomic E-state index is -0.973. The third-order valence-electron chi connectivity index (χ3n) is 7.55. The van der Waals surface area contributed by atoms with Crippen LogP contribution in [-0.2, 0) is 6.54 Å². The van der Waals surface area contributed by atoms with E-state index in [4.69, 9.17) is 0 Å². The molecule has 1 spiro atoms. The van der Waals surface area contributed by atoms with Gasteiger partial charge in [-0.15, -0.1) is 0 Å². The lowest BCUT2D eigenvalue weighted by atomic mass is 9.62. The lowest BCUT2D eigenvalue weighted by Crippen LogP contribution is -2.66. The van der Waals surface area contributed by atoms with Crippen molar-refractivity contribution in [1.82, 2.24) is 14.9 Å². The zero-order valence-electron chi connectivity index (χ0n) is 18.8. The molecule has 1 aromatic carbocycles. The second-order valence-corrected chi connectivity index (χ2v) is 9.37. The molecule has 2 fully saturated rings. The van der Waals surface area contributed by atoms with Crippen LogP contribution in [0.25, 0.3) is 0 Å². The molecule has 1 aliphatic carbocycles. The summed E-state index contributed by atoms with van der Waals surface area (Å²) in [4.78, 5) is 40.6. The largest absolute Gasteiger partial charge is 0.502 e. The fourth-order valence-electron chi connectivity index (χ4n) is 5.46. The lowest BCUT2D eigenvalue weighted by molar-refractivity contribution is 0.00627. The second-order valence-electron chi connectivity index (χ2n) is 9.37. The Morgan fingerprint density at radius 1 is 1.24 bits per heavy atom. The highest BCUT2D eigenvalue weighted by atomic mass is 19.1. The van der Waals surface area contributed by atoms with E-state index >= 15 is 0 Å². The predicted molar refractivity (Wildman–Crippen MR) is 119 cm³/mol. The van der Waals surface area contributed by atoms with E-state index in [0.29, 0.717) is 19.2 Å². The van der Waals surface area contributed by atoms with Gasteiger partial charge in [0.1, 0.15) is 23.4 Å². The minimum Gasteiger partial charge on any atom is -0.502 e. The van der Waals surface area contributed by atoms with Gasteiger partial charge in [0, 0.05) is 37.5 Å². The van der Waals surface area contributed by atoms with Crippen LogP contribution in [0.2, 0.25) is 0 Å². The van der Waals surface area contributed by atoms with Crippen LogP contribution in [-0.4, -0.2) is 45.8 Å². The maximum Gasteiger partial charge on any atom is 0.278 e. The predicted octanol–water partition coefficient (Wildman–Crippen LogP) is 2.47. The summed E-state index contributed by atoms with van der Waals surface area (Å²) in [6.45, 7) is 2.63. The van der Waals surface area contributed by atoms with Gasteiger partial charge in [0.15, 0.2) is 11.4 Å².